The molecule has 0 spiro atoms. The summed E-state index contributed by atoms with van der Waals surface area (Å²) in [5, 5.41) is 12.2. The van der Waals surface area contributed by atoms with E-state index in [4.69, 9.17) is 21.8 Å². The molecule has 0 saturated heterocycles. The van der Waals surface area contributed by atoms with E-state index in [2.05, 4.69) is 30.5 Å². The fraction of sp³-hybridized carbons (Fsp3) is 0.105. The molecule has 0 amide bonds. The minimum atomic E-state index is -0.185. The summed E-state index contributed by atoms with van der Waals surface area (Å²) >= 11 is 7.25. The number of hydrogen-bond donors (Lipinski definition) is 2. The number of nitrogens with two attached hydrogens (primary N) is 1. The van der Waals surface area contributed by atoms with Crippen molar-refractivity contribution in [3.05, 3.63) is 65.4 Å². The molecule has 3 N–H and O–H groups in total. The lowest BCUT2D eigenvalue weighted by molar-refractivity contribution is 0.465. The van der Waals surface area contributed by atoms with Gasteiger partial charge >= 0.3 is 0 Å². The number of rotatable bonds is 6. The van der Waals surface area contributed by atoms with Gasteiger partial charge in [-0.1, -0.05) is 41.6 Å². The number of nitrogen functional groups attached to an aromatic ring is 1. The predicted octanol–water partition coefficient (Wildman–Crippen LogP) is 4.75. The SMILES string of the molecule is C[C@@H](Sc1nnc(-c2ccc(Cl)cc2)o1)c1nc(N)nc(Nc2ccccc2)n1. The third-order valence-corrected chi connectivity index (χ3v) is 5.02. The number of anilines is 3. The van der Waals surface area contributed by atoms with Gasteiger partial charge in [-0.15, -0.1) is 10.2 Å². The lowest BCUT2D eigenvalue weighted by atomic mass is 10.2. The Morgan fingerprint density at radius 3 is 2.52 bits per heavy atom. The fourth-order valence-corrected chi connectivity index (χ4v) is 3.32. The number of halogens is 1. The van der Waals surface area contributed by atoms with Gasteiger partial charge in [-0.2, -0.15) is 15.0 Å². The van der Waals surface area contributed by atoms with E-state index in [1.54, 1.807) is 12.1 Å². The Bertz CT molecular complexity index is 1110. The Morgan fingerprint density at radius 2 is 1.76 bits per heavy atom. The molecule has 0 aliphatic heterocycles. The van der Waals surface area contributed by atoms with Crippen LogP contribution in [0.25, 0.3) is 11.5 Å². The molecule has 0 unspecified atom stereocenters. The van der Waals surface area contributed by atoms with Gasteiger partial charge in [0.2, 0.25) is 17.8 Å². The topological polar surface area (TPSA) is 116 Å². The average Bonchev–Trinajstić information content (AvgIpc) is 3.17. The van der Waals surface area contributed by atoms with Crippen LogP contribution in [0.1, 0.15) is 18.0 Å². The molecular formula is C19H16ClN7OS. The molecule has 1 atom stereocenters. The zero-order valence-electron chi connectivity index (χ0n) is 15.3. The first-order chi connectivity index (χ1) is 14.1. The second-order valence-corrected chi connectivity index (χ2v) is 7.74. The zero-order valence-corrected chi connectivity index (χ0v) is 16.9. The van der Waals surface area contributed by atoms with Crippen molar-refractivity contribution in [2.24, 2.45) is 0 Å². The average molecular weight is 426 g/mol. The molecular weight excluding hydrogens is 410 g/mol. The maximum atomic E-state index is 5.91. The lowest BCUT2D eigenvalue weighted by Gasteiger charge is -2.10. The highest BCUT2D eigenvalue weighted by Gasteiger charge is 2.18. The van der Waals surface area contributed by atoms with Crippen molar-refractivity contribution >= 4 is 40.9 Å². The first kappa shape index (κ1) is 19.2. The van der Waals surface area contributed by atoms with Gasteiger partial charge in [0.05, 0.1) is 5.25 Å². The van der Waals surface area contributed by atoms with Crippen LogP contribution in [0.2, 0.25) is 5.02 Å². The van der Waals surface area contributed by atoms with E-state index in [-0.39, 0.29) is 11.2 Å². The van der Waals surface area contributed by atoms with E-state index in [9.17, 15) is 0 Å². The Hall–Kier alpha value is -3.17. The number of nitrogens with zero attached hydrogens (tertiary/aromatic N) is 5. The second kappa shape index (κ2) is 8.46. The normalized spacial score (nSPS) is 11.9. The zero-order chi connectivity index (χ0) is 20.2. The maximum Gasteiger partial charge on any atom is 0.277 e. The maximum absolute atomic E-state index is 5.91. The van der Waals surface area contributed by atoms with E-state index in [1.165, 1.54) is 11.8 Å². The van der Waals surface area contributed by atoms with E-state index >= 15 is 0 Å². The molecule has 0 aliphatic rings. The Kier molecular flexibility index (Phi) is 5.59. The monoisotopic (exact) mass is 425 g/mol. The minimum Gasteiger partial charge on any atom is -0.411 e. The predicted molar refractivity (Wildman–Crippen MR) is 113 cm³/mol. The van der Waals surface area contributed by atoms with Crippen LogP contribution in [-0.2, 0) is 0 Å². The summed E-state index contributed by atoms with van der Waals surface area (Å²) in [6.07, 6.45) is 0. The van der Waals surface area contributed by atoms with Gasteiger partial charge in [0.15, 0.2) is 0 Å². The highest BCUT2D eigenvalue weighted by molar-refractivity contribution is 7.99. The lowest BCUT2D eigenvalue weighted by Crippen LogP contribution is -2.08. The van der Waals surface area contributed by atoms with Crippen LogP contribution >= 0.6 is 23.4 Å². The number of hydrogen-bond acceptors (Lipinski definition) is 9. The van der Waals surface area contributed by atoms with Crippen LogP contribution in [0.15, 0.2) is 64.2 Å². The molecule has 4 rings (SSSR count). The molecule has 2 heterocycles. The molecule has 4 aromatic rings. The summed E-state index contributed by atoms with van der Waals surface area (Å²) in [6.45, 7) is 1.93. The van der Waals surface area contributed by atoms with Crippen molar-refractivity contribution in [3.8, 4) is 11.5 Å². The number of aromatic nitrogens is 5. The van der Waals surface area contributed by atoms with Gasteiger partial charge in [-0.05, 0) is 43.3 Å². The molecule has 8 nitrogen and oxygen atoms in total. The first-order valence-corrected chi connectivity index (χ1v) is 9.92. The molecule has 29 heavy (non-hydrogen) atoms. The van der Waals surface area contributed by atoms with Gasteiger partial charge in [0, 0.05) is 16.3 Å². The Labute approximate surface area is 176 Å². The van der Waals surface area contributed by atoms with Gasteiger partial charge in [-0.3, -0.25) is 0 Å². The third-order valence-electron chi connectivity index (χ3n) is 3.84. The van der Waals surface area contributed by atoms with Crippen molar-refractivity contribution in [1.29, 1.82) is 0 Å². The number of benzene rings is 2. The molecule has 146 valence electrons. The largest absolute Gasteiger partial charge is 0.411 e. The molecule has 0 bridgehead atoms. The summed E-state index contributed by atoms with van der Waals surface area (Å²) in [7, 11) is 0. The van der Waals surface area contributed by atoms with Gasteiger partial charge < -0.3 is 15.5 Å². The summed E-state index contributed by atoms with van der Waals surface area (Å²) in [4.78, 5) is 12.8. The quantitative estimate of drug-likeness (QED) is 0.422. The van der Waals surface area contributed by atoms with E-state index in [1.807, 2.05) is 49.4 Å². The highest BCUT2D eigenvalue weighted by Crippen LogP contribution is 2.34. The van der Waals surface area contributed by atoms with Crippen molar-refractivity contribution in [3.63, 3.8) is 0 Å². The van der Waals surface area contributed by atoms with Gasteiger partial charge in [0.1, 0.15) is 5.82 Å². The molecule has 2 aromatic heterocycles. The molecule has 0 aliphatic carbocycles. The third kappa shape index (κ3) is 4.82. The van der Waals surface area contributed by atoms with E-state index in [0.29, 0.717) is 27.9 Å². The van der Waals surface area contributed by atoms with Crippen molar-refractivity contribution < 1.29 is 4.42 Å². The van der Waals surface area contributed by atoms with Crippen molar-refractivity contribution in [2.75, 3.05) is 11.1 Å². The van der Waals surface area contributed by atoms with E-state index in [0.717, 1.165) is 11.3 Å². The van der Waals surface area contributed by atoms with Gasteiger partial charge in [-0.25, -0.2) is 0 Å². The van der Waals surface area contributed by atoms with Crippen LogP contribution in [-0.4, -0.2) is 25.1 Å². The number of nitrogens with one attached hydrogen (secondary N) is 1. The van der Waals surface area contributed by atoms with Crippen LogP contribution in [0.5, 0.6) is 0 Å². The summed E-state index contributed by atoms with van der Waals surface area (Å²) < 4.78 is 5.74. The number of thioether (sulfide) groups is 1. The minimum absolute atomic E-state index is 0.133. The molecule has 0 radical (unpaired) electrons. The highest BCUT2D eigenvalue weighted by atomic mass is 35.5. The van der Waals surface area contributed by atoms with Crippen molar-refractivity contribution in [2.45, 2.75) is 17.4 Å². The summed E-state index contributed by atoms with van der Waals surface area (Å²) in [6, 6.07) is 16.8. The fourth-order valence-electron chi connectivity index (χ4n) is 2.47. The molecule has 2 aromatic carbocycles. The standard InChI is InChI=1S/C19H16ClN7OS/c1-11(29-19-27-26-16(28-19)12-7-9-13(20)10-8-12)15-23-17(21)25-18(24-15)22-14-5-3-2-4-6-14/h2-11H,1H3,(H3,21,22,23,24,25)/t11-/m1/s1. The Morgan fingerprint density at radius 1 is 1.00 bits per heavy atom. The second-order valence-electron chi connectivity index (χ2n) is 6.01. The van der Waals surface area contributed by atoms with Crippen LogP contribution in [0.4, 0.5) is 17.6 Å². The Balaban J connectivity index is 1.50. The molecule has 0 saturated carbocycles. The van der Waals surface area contributed by atoms with Gasteiger partial charge in [0.25, 0.3) is 5.22 Å². The van der Waals surface area contributed by atoms with Crippen LogP contribution < -0.4 is 11.1 Å². The van der Waals surface area contributed by atoms with Crippen LogP contribution in [0, 0.1) is 0 Å². The number of para-hydroxylation sites is 1. The molecule has 0 fully saturated rings. The summed E-state index contributed by atoms with van der Waals surface area (Å²) in [5.74, 6) is 1.43. The molecule has 10 heteroatoms. The first-order valence-electron chi connectivity index (χ1n) is 8.66. The van der Waals surface area contributed by atoms with E-state index < -0.39 is 0 Å². The van der Waals surface area contributed by atoms with Crippen molar-refractivity contribution in [1.82, 2.24) is 25.1 Å². The summed E-state index contributed by atoms with van der Waals surface area (Å²) in [5.41, 5.74) is 7.51. The smallest absolute Gasteiger partial charge is 0.277 e. The van der Waals surface area contributed by atoms with Crippen LogP contribution in [0.3, 0.4) is 0 Å².